The lowest BCUT2D eigenvalue weighted by molar-refractivity contribution is 0.0696. The van der Waals surface area contributed by atoms with Gasteiger partial charge in [0.15, 0.2) is 0 Å². The maximum absolute atomic E-state index is 14.4. The Morgan fingerprint density at radius 3 is 2.71 bits per heavy atom. The highest BCUT2D eigenvalue weighted by Crippen LogP contribution is 2.29. The molecule has 5 nitrogen and oxygen atoms in total. The minimum absolute atomic E-state index is 0.0254. The molecule has 0 atom stereocenters. The van der Waals surface area contributed by atoms with Crippen LogP contribution in [0.4, 0.5) is 10.2 Å². The molecule has 1 saturated carbocycles. The minimum Gasteiger partial charge on any atom is -0.478 e. The summed E-state index contributed by atoms with van der Waals surface area (Å²) in [7, 11) is 0. The van der Waals surface area contributed by atoms with E-state index in [1.54, 1.807) is 19.1 Å². The van der Waals surface area contributed by atoms with Crippen molar-refractivity contribution >= 4 is 23.7 Å². The van der Waals surface area contributed by atoms with Gasteiger partial charge >= 0.3 is 5.97 Å². The van der Waals surface area contributed by atoms with Crippen molar-refractivity contribution in [2.75, 3.05) is 11.9 Å². The number of carboxylic acid groups (broad SMARTS) is 1. The third kappa shape index (κ3) is 3.95. The molecule has 0 aromatic carbocycles. The van der Waals surface area contributed by atoms with Crippen molar-refractivity contribution in [3.05, 3.63) is 53.0 Å². The number of hydrogen-bond acceptors (Lipinski definition) is 4. The van der Waals surface area contributed by atoms with Gasteiger partial charge in [-0.1, -0.05) is 0 Å². The van der Waals surface area contributed by atoms with Crippen molar-refractivity contribution in [2.45, 2.75) is 19.8 Å². The Labute approximate surface area is 139 Å². The van der Waals surface area contributed by atoms with E-state index in [-0.39, 0.29) is 5.56 Å². The molecule has 6 heteroatoms. The van der Waals surface area contributed by atoms with Crippen molar-refractivity contribution in [2.24, 2.45) is 5.92 Å². The van der Waals surface area contributed by atoms with Gasteiger partial charge in [-0.05, 0) is 55.5 Å². The molecule has 2 heterocycles. The molecule has 24 heavy (non-hydrogen) atoms. The lowest BCUT2D eigenvalue weighted by Gasteiger charge is -2.06. The molecule has 0 saturated heterocycles. The summed E-state index contributed by atoms with van der Waals surface area (Å²) in [4.78, 5) is 19.2. The zero-order valence-corrected chi connectivity index (χ0v) is 13.3. The molecule has 1 aliphatic rings. The van der Waals surface area contributed by atoms with Crippen LogP contribution in [0.2, 0.25) is 0 Å². The Bertz CT molecular complexity index is 783. The van der Waals surface area contributed by atoms with Crippen LogP contribution in [0.3, 0.4) is 0 Å². The van der Waals surface area contributed by atoms with E-state index >= 15 is 0 Å². The second-order valence-corrected chi connectivity index (χ2v) is 5.95. The Morgan fingerprint density at radius 1 is 1.33 bits per heavy atom. The van der Waals surface area contributed by atoms with Gasteiger partial charge in [-0.3, -0.25) is 4.98 Å². The number of carboxylic acids is 1. The number of hydrogen-bond donors (Lipinski definition) is 2. The highest BCUT2D eigenvalue weighted by molar-refractivity contribution is 5.89. The van der Waals surface area contributed by atoms with E-state index in [2.05, 4.69) is 15.3 Å². The van der Waals surface area contributed by atoms with Gasteiger partial charge in [0.05, 0.1) is 5.56 Å². The van der Waals surface area contributed by atoms with Crippen LogP contribution >= 0.6 is 0 Å². The van der Waals surface area contributed by atoms with Crippen LogP contribution in [-0.4, -0.2) is 27.6 Å². The first kappa shape index (κ1) is 16.1. The summed E-state index contributed by atoms with van der Waals surface area (Å²) in [5.74, 6) is -0.113. The number of aromatic carboxylic acids is 1. The fourth-order valence-electron chi connectivity index (χ4n) is 2.24. The largest absolute Gasteiger partial charge is 0.478 e. The summed E-state index contributed by atoms with van der Waals surface area (Å²) in [6.07, 6.45) is 6.51. The van der Waals surface area contributed by atoms with Crippen LogP contribution in [-0.2, 0) is 0 Å². The van der Waals surface area contributed by atoms with E-state index in [0.29, 0.717) is 16.8 Å². The zero-order valence-electron chi connectivity index (χ0n) is 13.3. The van der Waals surface area contributed by atoms with E-state index in [1.165, 1.54) is 37.4 Å². The molecule has 0 spiro atoms. The lowest BCUT2D eigenvalue weighted by atomic mass is 10.1. The number of rotatable bonds is 6. The van der Waals surface area contributed by atoms with Gasteiger partial charge in [0, 0.05) is 30.2 Å². The van der Waals surface area contributed by atoms with E-state index in [1.807, 2.05) is 0 Å². The van der Waals surface area contributed by atoms with Crippen LogP contribution in [0.15, 0.2) is 30.6 Å². The van der Waals surface area contributed by atoms with Crippen LogP contribution in [0.5, 0.6) is 0 Å². The fourth-order valence-corrected chi connectivity index (χ4v) is 2.24. The summed E-state index contributed by atoms with van der Waals surface area (Å²) >= 11 is 0. The Kier molecular flexibility index (Phi) is 4.55. The number of aromatic nitrogens is 2. The smallest absolute Gasteiger partial charge is 0.337 e. The van der Waals surface area contributed by atoms with Crippen molar-refractivity contribution < 1.29 is 14.3 Å². The molecule has 0 amide bonds. The molecule has 124 valence electrons. The topological polar surface area (TPSA) is 75.1 Å². The highest BCUT2D eigenvalue weighted by atomic mass is 19.1. The molecule has 1 aliphatic carbocycles. The van der Waals surface area contributed by atoms with Gasteiger partial charge in [-0.2, -0.15) is 0 Å². The monoisotopic (exact) mass is 327 g/mol. The molecule has 2 N–H and O–H groups in total. The van der Waals surface area contributed by atoms with Gasteiger partial charge in [0.2, 0.25) is 0 Å². The van der Waals surface area contributed by atoms with Gasteiger partial charge in [-0.15, -0.1) is 0 Å². The molecule has 3 rings (SSSR count). The Morgan fingerprint density at radius 2 is 2.08 bits per heavy atom. The first-order valence-electron chi connectivity index (χ1n) is 7.80. The maximum atomic E-state index is 14.4. The van der Waals surface area contributed by atoms with Crippen molar-refractivity contribution in [1.82, 2.24) is 9.97 Å². The number of nitrogens with zero attached hydrogens (tertiary/aromatic N) is 2. The lowest BCUT2D eigenvalue weighted by Crippen LogP contribution is -2.04. The van der Waals surface area contributed by atoms with Gasteiger partial charge in [0.1, 0.15) is 11.6 Å². The van der Waals surface area contributed by atoms with Crippen molar-refractivity contribution in [1.29, 1.82) is 0 Å². The normalized spacial score (nSPS) is 14.5. The second-order valence-electron chi connectivity index (χ2n) is 5.95. The fraction of sp³-hybridized carbons (Fsp3) is 0.278. The van der Waals surface area contributed by atoms with Gasteiger partial charge in [-0.25, -0.2) is 14.2 Å². The van der Waals surface area contributed by atoms with E-state index in [4.69, 9.17) is 5.11 Å². The molecule has 0 aliphatic heterocycles. The van der Waals surface area contributed by atoms with Crippen LogP contribution in [0, 0.1) is 12.8 Å². The number of halogens is 1. The molecular weight excluding hydrogens is 309 g/mol. The molecule has 0 unspecified atom stereocenters. The third-order valence-corrected chi connectivity index (χ3v) is 3.96. The molecule has 0 bridgehead atoms. The molecule has 2 aromatic rings. The third-order valence-electron chi connectivity index (χ3n) is 3.96. The Balaban J connectivity index is 1.77. The first-order valence-corrected chi connectivity index (χ1v) is 7.80. The van der Waals surface area contributed by atoms with E-state index < -0.39 is 11.8 Å². The minimum atomic E-state index is -1.09. The summed E-state index contributed by atoms with van der Waals surface area (Å²) in [5.41, 5.74) is 1.36. The van der Waals surface area contributed by atoms with Crippen molar-refractivity contribution in [3.63, 3.8) is 0 Å². The highest BCUT2D eigenvalue weighted by Gasteiger charge is 2.20. The van der Waals surface area contributed by atoms with Crippen molar-refractivity contribution in [3.8, 4) is 0 Å². The number of nitrogens with one attached hydrogen (secondary N) is 1. The maximum Gasteiger partial charge on any atom is 0.337 e. The first-order chi connectivity index (χ1) is 11.5. The van der Waals surface area contributed by atoms with Gasteiger partial charge in [0.25, 0.3) is 0 Å². The molecule has 1 fully saturated rings. The summed E-state index contributed by atoms with van der Waals surface area (Å²) < 4.78 is 14.4. The number of pyridine rings is 2. The molecule has 0 radical (unpaired) electrons. The predicted octanol–water partition coefficient (Wildman–Crippen LogP) is 3.77. The predicted molar refractivity (Wildman–Crippen MR) is 90.4 cm³/mol. The number of anilines is 1. The van der Waals surface area contributed by atoms with Crippen LogP contribution < -0.4 is 5.32 Å². The molecule has 2 aromatic heterocycles. The quantitative estimate of drug-likeness (QED) is 0.844. The molecular formula is C18H18FN3O2. The summed E-state index contributed by atoms with van der Waals surface area (Å²) in [5, 5.41) is 12.2. The number of carbonyl (C=O) groups is 1. The number of aryl methyl sites for hydroxylation is 1. The van der Waals surface area contributed by atoms with Crippen LogP contribution in [0.25, 0.3) is 11.9 Å². The Hall–Kier alpha value is -2.76. The summed E-state index contributed by atoms with van der Waals surface area (Å²) in [6, 6.07) is 4.80. The average molecular weight is 327 g/mol. The SMILES string of the molecule is Cc1ncc(C(=O)O)cc1/C=C(\F)c1ccc(NCC2CC2)nc1. The van der Waals surface area contributed by atoms with Gasteiger partial charge < -0.3 is 10.4 Å². The van der Waals surface area contributed by atoms with E-state index in [0.717, 1.165) is 18.3 Å². The summed E-state index contributed by atoms with van der Waals surface area (Å²) in [6.45, 7) is 2.60. The standard InChI is InChI=1S/C18H18FN3O2/c1-11-14(6-15(10-20-11)18(23)24)7-16(19)13-4-5-17(22-9-13)21-8-12-2-3-12/h4-7,9-10,12H,2-3,8H2,1H3,(H,21,22)(H,23,24)/b16-7-. The van der Waals surface area contributed by atoms with Crippen LogP contribution in [0.1, 0.15) is 40.0 Å². The second kappa shape index (κ2) is 6.78. The van der Waals surface area contributed by atoms with E-state index in [9.17, 15) is 9.18 Å². The average Bonchev–Trinajstić information content (AvgIpc) is 3.39. The zero-order chi connectivity index (χ0) is 17.1.